The van der Waals surface area contributed by atoms with Crippen LogP contribution in [0.5, 0.6) is 0 Å². The van der Waals surface area contributed by atoms with Crippen LogP contribution in [0.15, 0.2) is 12.4 Å². The zero-order chi connectivity index (χ0) is 20.8. The molecule has 0 radical (unpaired) electrons. The maximum absolute atomic E-state index is 12.3. The van der Waals surface area contributed by atoms with Gasteiger partial charge in [-0.15, -0.1) is 0 Å². The van der Waals surface area contributed by atoms with Crippen LogP contribution in [0.1, 0.15) is 43.2 Å². The highest BCUT2D eigenvalue weighted by atomic mass is 35.5. The average Bonchev–Trinajstić information content (AvgIpc) is 2.90. The molecule has 28 heavy (non-hydrogen) atoms. The van der Waals surface area contributed by atoms with Gasteiger partial charge >= 0.3 is 0 Å². The van der Waals surface area contributed by atoms with Gasteiger partial charge in [0.1, 0.15) is 10.8 Å². The molecule has 0 atom stereocenters. The molecule has 8 heteroatoms. The van der Waals surface area contributed by atoms with Gasteiger partial charge in [-0.2, -0.15) is 9.97 Å². The maximum atomic E-state index is 12.3. The molecule has 0 spiro atoms. The summed E-state index contributed by atoms with van der Waals surface area (Å²) in [7, 11) is 0. The lowest BCUT2D eigenvalue weighted by Crippen LogP contribution is -2.28. The van der Waals surface area contributed by atoms with Crippen molar-refractivity contribution >= 4 is 46.1 Å². The molecule has 3 aromatic rings. The van der Waals surface area contributed by atoms with Gasteiger partial charge in [-0.1, -0.05) is 44.0 Å². The lowest BCUT2D eigenvalue weighted by Gasteiger charge is -2.17. The first-order valence-electron chi connectivity index (χ1n) is 8.94. The molecule has 0 fully saturated rings. The van der Waals surface area contributed by atoms with Gasteiger partial charge in [0.15, 0.2) is 0 Å². The summed E-state index contributed by atoms with van der Waals surface area (Å²) in [6.07, 6.45) is 3.72. The van der Waals surface area contributed by atoms with Crippen LogP contribution in [0.25, 0.3) is 11.0 Å². The molecule has 0 saturated heterocycles. The molecule has 1 amide bonds. The molecule has 0 aliphatic carbocycles. The smallest absolute Gasteiger partial charge is 0.232 e. The standard InChI is InChI=1S/C20H23Cl2N5O/c1-10-7-23-13(12(3)15(10)21)9-27-8-11(2)14-16(22)24-19(25-17(14)27)26-18(28)20(4,5)6/h7-8H,9H2,1-6H3,(H,24,25,26,28). The predicted molar refractivity (Wildman–Crippen MR) is 113 cm³/mol. The summed E-state index contributed by atoms with van der Waals surface area (Å²) < 4.78 is 1.95. The summed E-state index contributed by atoms with van der Waals surface area (Å²) in [4.78, 5) is 25.6. The third-order valence-corrected chi connectivity index (χ3v) is 5.47. The minimum atomic E-state index is -0.567. The summed E-state index contributed by atoms with van der Waals surface area (Å²) in [6.45, 7) is 11.8. The van der Waals surface area contributed by atoms with E-state index < -0.39 is 5.41 Å². The van der Waals surface area contributed by atoms with Gasteiger partial charge in [-0.3, -0.25) is 15.1 Å². The van der Waals surface area contributed by atoms with E-state index in [4.69, 9.17) is 23.2 Å². The van der Waals surface area contributed by atoms with E-state index >= 15 is 0 Å². The summed E-state index contributed by atoms with van der Waals surface area (Å²) in [5.41, 5.74) is 3.74. The van der Waals surface area contributed by atoms with Gasteiger partial charge in [-0.25, -0.2) is 0 Å². The first kappa shape index (κ1) is 20.6. The van der Waals surface area contributed by atoms with E-state index in [1.54, 1.807) is 6.20 Å². The number of carbonyl (C=O) groups excluding carboxylic acids is 1. The normalized spacial score (nSPS) is 11.9. The average molecular weight is 420 g/mol. The highest BCUT2D eigenvalue weighted by molar-refractivity contribution is 6.34. The van der Waals surface area contributed by atoms with Crippen molar-refractivity contribution < 1.29 is 4.79 Å². The van der Waals surface area contributed by atoms with Crippen LogP contribution < -0.4 is 5.32 Å². The first-order chi connectivity index (χ1) is 13.0. The maximum Gasteiger partial charge on any atom is 0.232 e. The molecule has 6 nitrogen and oxygen atoms in total. The largest absolute Gasteiger partial charge is 0.326 e. The van der Waals surface area contributed by atoms with Crippen molar-refractivity contribution in [2.45, 2.75) is 48.1 Å². The fourth-order valence-corrected chi connectivity index (χ4v) is 3.34. The minimum absolute atomic E-state index is 0.180. The molecule has 0 aromatic carbocycles. The van der Waals surface area contributed by atoms with E-state index in [-0.39, 0.29) is 11.9 Å². The minimum Gasteiger partial charge on any atom is -0.326 e. The second-order valence-corrected chi connectivity index (χ2v) is 8.74. The highest BCUT2D eigenvalue weighted by Crippen LogP contribution is 2.29. The number of nitrogens with zero attached hydrogens (tertiary/aromatic N) is 4. The molecule has 0 bridgehead atoms. The number of pyridine rings is 1. The Hall–Kier alpha value is -2.18. The summed E-state index contributed by atoms with van der Waals surface area (Å²) >= 11 is 12.8. The van der Waals surface area contributed by atoms with E-state index in [0.29, 0.717) is 22.4 Å². The zero-order valence-electron chi connectivity index (χ0n) is 16.8. The van der Waals surface area contributed by atoms with Crippen molar-refractivity contribution in [1.82, 2.24) is 19.5 Å². The number of hydrogen-bond acceptors (Lipinski definition) is 4. The number of rotatable bonds is 3. The van der Waals surface area contributed by atoms with Crippen LogP contribution in [-0.4, -0.2) is 25.4 Å². The zero-order valence-corrected chi connectivity index (χ0v) is 18.3. The second-order valence-electron chi connectivity index (χ2n) is 8.01. The van der Waals surface area contributed by atoms with Crippen LogP contribution >= 0.6 is 23.2 Å². The Morgan fingerprint density at radius 1 is 1.14 bits per heavy atom. The topological polar surface area (TPSA) is 72.7 Å². The number of fused-ring (bicyclic) bond motifs is 1. The number of nitrogens with one attached hydrogen (secondary N) is 1. The fourth-order valence-electron chi connectivity index (χ4n) is 2.87. The number of halogens is 2. The van der Waals surface area contributed by atoms with E-state index in [9.17, 15) is 4.79 Å². The Balaban J connectivity index is 2.06. The third kappa shape index (κ3) is 3.84. The van der Waals surface area contributed by atoms with Crippen LogP contribution in [-0.2, 0) is 11.3 Å². The number of aromatic nitrogens is 4. The molecule has 0 unspecified atom stereocenters. The van der Waals surface area contributed by atoms with Crippen LogP contribution in [0, 0.1) is 26.2 Å². The Morgan fingerprint density at radius 3 is 2.46 bits per heavy atom. The number of amides is 1. The summed E-state index contributed by atoms with van der Waals surface area (Å²) in [5, 5.41) is 4.52. The molecule has 1 N–H and O–H groups in total. The van der Waals surface area contributed by atoms with Gasteiger partial charge in [0.2, 0.25) is 11.9 Å². The van der Waals surface area contributed by atoms with E-state index in [1.165, 1.54) is 0 Å². The summed E-state index contributed by atoms with van der Waals surface area (Å²) in [6, 6.07) is 0. The Labute approximate surface area is 174 Å². The molecule has 0 saturated carbocycles. The predicted octanol–water partition coefficient (Wildman–Crippen LogP) is 5.09. The quantitative estimate of drug-likeness (QED) is 0.599. The van der Waals surface area contributed by atoms with Crippen LogP contribution in [0.4, 0.5) is 5.95 Å². The van der Waals surface area contributed by atoms with Crippen molar-refractivity contribution in [2.75, 3.05) is 5.32 Å². The molecule has 3 heterocycles. The Bertz CT molecular complexity index is 1080. The van der Waals surface area contributed by atoms with Crippen molar-refractivity contribution in [3.8, 4) is 0 Å². The lowest BCUT2D eigenvalue weighted by molar-refractivity contribution is -0.123. The number of anilines is 1. The van der Waals surface area contributed by atoms with Crippen molar-refractivity contribution in [1.29, 1.82) is 0 Å². The summed E-state index contributed by atoms with van der Waals surface area (Å²) in [5.74, 6) is 0.00367. The molecule has 3 rings (SSSR count). The Kier molecular flexibility index (Phi) is 5.38. The van der Waals surface area contributed by atoms with Gasteiger partial charge in [0, 0.05) is 22.8 Å². The third-order valence-electron chi connectivity index (χ3n) is 4.61. The van der Waals surface area contributed by atoms with Crippen LogP contribution in [0.3, 0.4) is 0 Å². The van der Waals surface area contributed by atoms with E-state index in [0.717, 1.165) is 27.8 Å². The lowest BCUT2D eigenvalue weighted by atomic mass is 9.96. The van der Waals surface area contributed by atoms with E-state index in [1.807, 2.05) is 52.3 Å². The number of aryl methyl sites for hydroxylation is 2. The van der Waals surface area contributed by atoms with Gasteiger partial charge in [0.05, 0.1) is 17.6 Å². The molecular weight excluding hydrogens is 397 g/mol. The van der Waals surface area contributed by atoms with E-state index in [2.05, 4.69) is 20.3 Å². The number of carbonyl (C=O) groups is 1. The van der Waals surface area contributed by atoms with Crippen molar-refractivity contribution in [3.63, 3.8) is 0 Å². The first-order valence-corrected chi connectivity index (χ1v) is 9.69. The SMILES string of the molecule is Cc1cnc(Cn2cc(C)c3c(Cl)nc(NC(=O)C(C)(C)C)nc32)c(C)c1Cl. The Morgan fingerprint density at radius 2 is 1.82 bits per heavy atom. The van der Waals surface area contributed by atoms with Gasteiger partial charge in [-0.05, 0) is 37.5 Å². The second kappa shape index (κ2) is 7.33. The molecule has 148 valence electrons. The van der Waals surface area contributed by atoms with Crippen molar-refractivity contribution in [3.05, 3.63) is 45.0 Å². The monoisotopic (exact) mass is 419 g/mol. The fraction of sp³-hybridized carbons (Fsp3) is 0.400. The number of hydrogen-bond donors (Lipinski definition) is 1. The van der Waals surface area contributed by atoms with Crippen molar-refractivity contribution in [2.24, 2.45) is 5.41 Å². The molecule has 3 aromatic heterocycles. The molecular formula is C20H23Cl2N5O. The van der Waals surface area contributed by atoms with Gasteiger partial charge < -0.3 is 4.57 Å². The molecule has 0 aliphatic rings. The van der Waals surface area contributed by atoms with Gasteiger partial charge in [0.25, 0.3) is 0 Å². The van der Waals surface area contributed by atoms with Crippen LogP contribution in [0.2, 0.25) is 10.2 Å². The highest BCUT2D eigenvalue weighted by Gasteiger charge is 2.23. The molecule has 0 aliphatic heterocycles.